The number of hydrogen-bond donors (Lipinski definition) is 2. The van der Waals surface area contributed by atoms with Crippen LogP contribution in [0.4, 0.5) is 11.4 Å². The van der Waals surface area contributed by atoms with E-state index >= 15 is 0 Å². The van der Waals surface area contributed by atoms with Gasteiger partial charge in [-0.2, -0.15) is 8.75 Å². The highest BCUT2D eigenvalue weighted by atomic mass is 32.2. The monoisotopic (exact) mass is 358 g/mol. The lowest BCUT2D eigenvalue weighted by atomic mass is 10.2. The molecule has 0 aliphatic carbocycles. The number of nitrogens with zero attached hydrogens (tertiary/aromatic N) is 2. The number of benzene rings is 2. The predicted molar refractivity (Wildman–Crippen MR) is 98.4 cm³/mol. The maximum Gasteiger partial charge on any atom is 0.234 e. The van der Waals surface area contributed by atoms with E-state index < -0.39 is 0 Å². The van der Waals surface area contributed by atoms with Gasteiger partial charge in [0.2, 0.25) is 11.8 Å². The molecule has 1 aromatic heterocycles. The normalized spacial score (nSPS) is 10.5. The quantitative estimate of drug-likeness (QED) is 0.708. The molecule has 0 saturated carbocycles. The number of carbonyl (C=O) groups is 2. The first-order chi connectivity index (χ1) is 11.7. The Labute approximate surface area is 147 Å². The Bertz CT molecular complexity index is 851. The molecule has 0 unspecified atom stereocenters. The summed E-state index contributed by atoms with van der Waals surface area (Å²) >= 11 is 2.37. The lowest BCUT2D eigenvalue weighted by molar-refractivity contribution is -0.114. The van der Waals surface area contributed by atoms with Gasteiger partial charge in [-0.15, -0.1) is 11.8 Å². The highest BCUT2D eigenvalue weighted by Crippen LogP contribution is 2.21. The maximum absolute atomic E-state index is 12.0. The fraction of sp³-hybridized carbons (Fsp3) is 0.125. The van der Waals surface area contributed by atoms with Crippen LogP contribution in [0, 0.1) is 0 Å². The topological polar surface area (TPSA) is 84.0 Å². The highest BCUT2D eigenvalue weighted by Gasteiger charge is 2.10. The van der Waals surface area contributed by atoms with E-state index in [1.807, 2.05) is 42.5 Å². The molecule has 3 rings (SSSR count). The standard InChI is InChI=1S/C16H14N4O2S2/c21-14(17-11-5-2-1-3-6-11)9-23-10-15(22)18-12-7-4-8-13-16(12)20-24-19-13/h1-8H,9-10H2,(H,17,21)(H,18,22). The largest absolute Gasteiger partial charge is 0.325 e. The minimum atomic E-state index is -0.173. The molecule has 2 N–H and O–H groups in total. The van der Waals surface area contributed by atoms with Crippen LogP contribution < -0.4 is 10.6 Å². The Morgan fingerprint density at radius 3 is 2.46 bits per heavy atom. The minimum absolute atomic E-state index is 0.134. The molecule has 0 spiro atoms. The lowest BCUT2D eigenvalue weighted by Gasteiger charge is -2.06. The molecule has 0 aliphatic rings. The number of fused-ring (bicyclic) bond motifs is 1. The van der Waals surface area contributed by atoms with Gasteiger partial charge in [-0.05, 0) is 24.3 Å². The molecule has 6 nitrogen and oxygen atoms in total. The van der Waals surface area contributed by atoms with Crippen molar-refractivity contribution in [3.05, 3.63) is 48.5 Å². The van der Waals surface area contributed by atoms with Crippen molar-refractivity contribution in [1.82, 2.24) is 8.75 Å². The Balaban J connectivity index is 1.46. The molecule has 2 amide bonds. The van der Waals surface area contributed by atoms with Gasteiger partial charge in [0.25, 0.3) is 0 Å². The summed E-state index contributed by atoms with van der Waals surface area (Å²) in [5.74, 6) is 0.0961. The third kappa shape index (κ3) is 4.30. The number of hydrogen-bond acceptors (Lipinski definition) is 6. The van der Waals surface area contributed by atoms with Crippen LogP contribution in [0.5, 0.6) is 0 Å². The van der Waals surface area contributed by atoms with Crippen LogP contribution in [0.15, 0.2) is 48.5 Å². The second kappa shape index (κ2) is 7.89. The molecular weight excluding hydrogens is 344 g/mol. The summed E-state index contributed by atoms with van der Waals surface area (Å²) in [4.78, 5) is 23.8. The van der Waals surface area contributed by atoms with E-state index in [0.29, 0.717) is 11.2 Å². The van der Waals surface area contributed by atoms with E-state index in [0.717, 1.165) is 22.9 Å². The number of anilines is 2. The van der Waals surface area contributed by atoms with Crippen LogP contribution in [0.25, 0.3) is 11.0 Å². The molecule has 0 atom stereocenters. The SMILES string of the molecule is O=C(CSCC(=O)Nc1cccc2nsnc12)Nc1ccccc1. The van der Waals surface area contributed by atoms with Crippen LogP contribution in [-0.2, 0) is 9.59 Å². The number of para-hydroxylation sites is 1. The Kier molecular flexibility index (Phi) is 5.39. The van der Waals surface area contributed by atoms with Gasteiger partial charge in [-0.3, -0.25) is 9.59 Å². The third-order valence-electron chi connectivity index (χ3n) is 3.08. The second-order valence-corrected chi connectivity index (χ2v) is 6.41. The molecular formula is C16H14N4O2S2. The number of rotatable bonds is 6. The van der Waals surface area contributed by atoms with Crippen molar-refractivity contribution >= 4 is 57.7 Å². The maximum atomic E-state index is 12.0. The summed E-state index contributed by atoms with van der Waals surface area (Å²) in [6.45, 7) is 0. The van der Waals surface area contributed by atoms with Gasteiger partial charge in [0.15, 0.2) is 0 Å². The molecule has 0 bridgehead atoms. The van der Waals surface area contributed by atoms with E-state index in [-0.39, 0.29) is 23.3 Å². The highest BCUT2D eigenvalue weighted by molar-refractivity contribution is 8.00. The molecule has 1 heterocycles. The first-order valence-electron chi connectivity index (χ1n) is 7.16. The van der Waals surface area contributed by atoms with Crippen molar-refractivity contribution in [3.63, 3.8) is 0 Å². The smallest absolute Gasteiger partial charge is 0.234 e. The van der Waals surface area contributed by atoms with Crippen LogP contribution in [0.2, 0.25) is 0 Å². The summed E-state index contributed by atoms with van der Waals surface area (Å²) in [7, 11) is 0. The van der Waals surface area contributed by atoms with Gasteiger partial charge in [-0.1, -0.05) is 24.3 Å². The van der Waals surface area contributed by atoms with Crippen LogP contribution in [0.3, 0.4) is 0 Å². The molecule has 122 valence electrons. The number of amides is 2. The van der Waals surface area contributed by atoms with Crippen molar-refractivity contribution in [2.45, 2.75) is 0 Å². The second-order valence-electron chi connectivity index (χ2n) is 4.89. The van der Waals surface area contributed by atoms with E-state index in [4.69, 9.17) is 0 Å². The molecule has 0 aliphatic heterocycles. The van der Waals surface area contributed by atoms with Gasteiger partial charge in [0.05, 0.1) is 28.9 Å². The molecule has 24 heavy (non-hydrogen) atoms. The summed E-state index contributed by atoms with van der Waals surface area (Å²) in [5, 5.41) is 5.58. The zero-order chi connectivity index (χ0) is 16.8. The van der Waals surface area contributed by atoms with E-state index in [9.17, 15) is 9.59 Å². The average Bonchev–Trinajstić information content (AvgIpc) is 3.05. The van der Waals surface area contributed by atoms with Crippen LogP contribution in [0.1, 0.15) is 0 Å². The lowest BCUT2D eigenvalue weighted by Crippen LogP contribution is -2.18. The summed E-state index contributed by atoms with van der Waals surface area (Å²) < 4.78 is 8.30. The molecule has 0 radical (unpaired) electrons. The fourth-order valence-corrected chi connectivity index (χ4v) is 3.22. The summed E-state index contributed by atoms with van der Waals surface area (Å²) in [6.07, 6.45) is 0. The van der Waals surface area contributed by atoms with Gasteiger partial charge in [-0.25, -0.2) is 0 Å². The molecule has 3 aromatic rings. The zero-order valence-electron chi connectivity index (χ0n) is 12.6. The third-order valence-corrected chi connectivity index (χ3v) is 4.56. The number of thioether (sulfide) groups is 1. The van der Waals surface area contributed by atoms with Crippen molar-refractivity contribution < 1.29 is 9.59 Å². The number of aromatic nitrogens is 2. The Morgan fingerprint density at radius 2 is 1.67 bits per heavy atom. The summed E-state index contributed by atoms with van der Waals surface area (Å²) in [5.41, 5.74) is 2.83. The predicted octanol–water partition coefficient (Wildman–Crippen LogP) is 3.00. The van der Waals surface area contributed by atoms with Gasteiger partial charge < -0.3 is 10.6 Å². The van der Waals surface area contributed by atoms with Crippen molar-refractivity contribution in [1.29, 1.82) is 0 Å². The Morgan fingerprint density at radius 1 is 0.917 bits per heavy atom. The van der Waals surface area contributed by atoms with Gasteiger partial charge in [0.1, 0.15) is 11.0 Å². The van der Waals surface area contributed by atoms with E-state index in [2.05, 4.69) is 19.4 Å². The molecule has 0 fully saturated rings. The minimum Gasteiger partial charge on any atom is -0.325 e. The van der Waals surface area contributed by atoms with Crippen LogP contribution in [-0.4, -0.2) is 32.1 Å². The molecule has 0 saturated heterocycles. The molecule has 2 aromatic carbocycles. The van der Waals surface area contributed by atoms with Crippen LogP contribution >= 0.6 is 23.5 Å². The van der Waals surface area contributed by atoms with Crippen molar-refractivity contribution in [2.75, 3.05) is 22.1 Å². The van der Waals surface area contributed by atoms with E-state index in [1.54, 1.807) is 6.07 Å². The summed E-state index contributed by atoms with van der Waals surface area (Å²) in [6, 6.07) is 14.7. The van der Waals surface area contributed by atoms with E-state index in [1.165, 1.54) is 11.8 Å². The number of carbonyl (C=O) groups excluding carboxylic acids is 2. The average molecular weight is 358 g/mol. The first-order valence-corrected chi connectivity index (χ1v) is 9.04. The van der Waals surface area contributed by atoms with Crippen molar-refractivity contribution in [3.8, 4) is 0 Å². The number of nitrogens with one attached hydrogen (secondary N) is 2. The molecule has 8 heteroatoms. The van der Waals surface area contributed by atoms with Crippen molar-refractivity contribution in [2.24, 2.45) is 0 Å². The first kappa shape index (κ1) is 16.4. The zero-order valence-corrected chi connectivity index (χ0v) is 14.2. The van der Waals surface area contributed by atoms with Gasteiger partial charge in [0, 0.05) is 5.69 Å². The van der Waals surface area contributed by atoms with Gasteiger partial charge >= 0.3 is 0 Å². The Hall–Kier alpha value is -2.45. The fourth-order valence-electron chi connectivity index (χ4n) is 2.05.